The average Bonchev–Trinajstić information content (AvgIpc) is 2.67. The molecule has 0 bridgehead atoms. The number of anilines is 1. The van der Waals surface area contributed by atoms with Crippen LogP contribution < -0.4 is 19.7 Å². The zero-order valence-corrected chi connectivity index (χ0v) is 20.3. The number of thiocarbonyl (C=S) groups is 1. The van der Waals surface area contributed by atoms with Crippen molar-refractivity contribution in [2.75, 3.05) is 18.6 Å². The highest BCUT2D eigenvalue weighted by Gasteiger charge is 2.35. The summed E-state index contributed by atoms with van der Waals surface area (Å²) in [5.74, 6) is -0.114. The quantitative estimate of drug-likeness (QED) is 0.239. The number of benzene rings is 2. The molecule has 0 aliphatic carbocycles. The Morgan fingerprint density at radius 1 is 1.23 bits per heavy atom. The van der Waals surface area contributed by atoms with Gasteiger partial charge in [0.2, 0.25) is 0 Å². The lowest BCUT2D eigenvalue weighted by atomic mass is 10.1. The van der Waals surface area contributed by atoms with Crippen LogP contribution in [0.2, 0.25) is 10.0 Å². The van der Waals surface area contributed by atoms with E-state index in [0.29, 0.717) is 34.4 Å². The number of hydrogen-bond acceptors (Lipinski definition) is 5. The molecule has 10 heteroatoms. The highest BCUT2D eigenvalue weighted by Crippen LogP contribution is 2.35. The smallest absolute Gasteiger partial charge is 0.270 e. The second-order valence-corrected chi connectivity index (χ2v) is 8.41. The number of amides is 2. The van der Waals surface area contributed by atoms with Crippen molar-refractivity contribution in [1.82, 2.24) is 5.32 Å². The van der Waals surface area contributed by atoms with E-state index in [4.69, 9.17) is 44.9 Å². The minimum Gasteiger partial charge on any atom is -0.492 e. The third-order valence-electron chi connectivity index (χ3n) is 4.10. The largest absolute Gasteiger partial charge is 0.492 e. The van der Waals surface area contributed by atoms with Gasteiger partial charge in [-0.1, -0.05) is 23.2 Å². The summed E-state index contributed by atoms with van der Waals surface area (Å²) < 4.78 is 11.8. The van der Waals surface area contributed by atoms with Crippen molar-refractivity contribution in [2.45, 2.75) is 6.92 Å². The Kier molecular flexibility index (Phi) is 7.22. The van der Waals surface area contributed by atoms with E-state index in [-0.39, 0.29) is 15.7 Å². The van der Waals surface area contributed by atoms with Gasteiger partial charge >= 0.3 is 0 Å². The van der Waals surface area contributed by atoms with Gasteiger partial charge in [0, 0.05) is 5.02 Å². The van der Waals surface area contributed by atoms with Crippen molar-refractivity contribution in [3.63, 3.8) is 0 Å². The normalized spacial score (nSPS) is 15.4. The molecule has 1 aliphatic rings. The highest BCUT2D eigenvalue weighted by molar-refractivity contribution is 14.1. The van der Waals surface area contributed by atoms with Gasteiger partial charge in [-0.25, -0.2) is 0 Å². The second-order valence-electron chi connectivity index (χ2n) is 6.02. The predicted molar refractivity (Wildman–Crippen MR) is 130 cm³/mol. The minimum atomic E-state index is -0.602. The van der Waals surface area contributed by atoms with Crippen LogP contribution in [0.15, 0.2) is 35.9 Å². The number of rotatable bonds is 5. The third-order valence-corrected chi connectivity index (χ3v) is 5.72. The molecule has 6 nitrogen and oxygen atoms in total. The van der Waals surface area contributed by atoms with Crippen molar-refractivity contribution in [3.05, 3.63) is 55.1 Å². The lowest BCUT2D eigenvalue weighted by molar-refractivity contribution is -0.122. The van der Waals surface area contributed by atoms with Crippen LogP contribution in [-0.4, -0.2) is 30.6 Å². The Bertz CT molecular complexity index is 1090. The van der Waals surface area contributed by atoms with E-state index in [1.54, 1.807) is 31.4 Å². The SMILES string of the molecule is CCOc1cc(C=C2C(=O)NC(=S)N(c3ccc(Cl)cc3Cl)C2=O)cc(I)c1OC. The molecule has 2 aromatic carbocycles. The van der Waals surface area contributed by atoms with Crippen molar-refractivity contribution in [1.29, 1.82) is 0 Å². The van der Waals surface area contributed by atoms with Gasteiger partial charge in [0.1, 0.15) is 5.57 Å². The van der Waals surface area contributed by atoms with E-state index in [2.05, 4.69) is 27.9 Å². The number of halogens is 3. The summed E-state index contributed by atoms with van der Waals surface area (Å²) in [5.41, 5.74) is 0.816. The molecule has 0 unspecified atom stereocenters. The van der Waals surface area contributed by atoms with Crippen LogP contribution in [0.3, 0.4) is 0 Å². The van der Waals surface area contributed by atoms with Crippen LogP contribution in [0.25, 0.3) is 6.08 Å². The number of hydrogen-bond donors (Lipinski definition) is 1. The first kappa shape index (κ1) is 22.8. The summed E-state index contributed by atoms with van der Waals surface area (Å²) in [7, 11) is 1.55. The summed E-state index contributed by atoms with van der Waals surface area (Å²) in [6.07, 6.45) is 1.47. The number of nitrogens with one attached hydrogen (secondary N) is 1. The van der Waals surface area contributed by atoms with E-state index in [0.717, 1.165) is 3.57 Å². The molecule has 1 fully saturated rings. The number of methoxy groups -OCH3 is 1. The maximum atomic E-state index is 13.2. The molecule has 1 aliphatic heterocycles. The fourth-order valence-electron chi connectivity index (χ4n) is 2.84. The van der Waals surface area contributed by atoms with Crippen molar-refractivity contribution < 1.29 is 19.1 Å². The van der Waals surface area contributed by atoms with Gasteiger partial charge in [-0.2, -0.15) is 0 Å². The van der Waals surface area contributed by atoms with Gasteiger partial charge in [0.25, 0.3) is 11.8 Å². The first-order chi connectivity index (χ1) is 14.3. The Morgan fingerprint density at radius 2 is 1.97 bits per heavy atom. The molecule has 0 saturated carbocycles. The van der Waals surface area contributed by atoms with Crippen LogP contribution in [0.5, 0.6) is 11.5 Å². The standard InChI is InChI=1S/C20H15Cl2IN2O4S/c1-3-29-16-8-10(7-14(23)17(16)28-2)6-12-18(26)24-20(30)25(19(12)27)15-5-4-11(21)9-13(15)22/h4-9H,3H2,1-2H3,(H,24,26,30). The predicted octanol–water partition coefficient (Wildman–Crippen LogP) is 4.84. The summed E-state index contributed by atoms with van der Waals surface area (Å²) in [5, 5.41) is 3.10. The first-order valence-corrected chi connectivity index (χ1v) is 10.9. The van der Waals surface area contributed by atoms with Gasteiger partial charge in [0.15, 0.2) is 16.6 Å². The number of nitrogens with zero attached hydrogens (tertiary/aromatic N) is 1. The zero-order valence-electron chi connectivity index (χ0n) is 15.8. The maximum Gasteiger partial charge on any atom is 0.270 e. The highest BCUT2D eigenvalue weighted by atomic mass is 127. The fourth-order valence-corrected chi connectivity index (χ4v) is 4.45. The van der Waals surface area contributed by atoms with Crippen LogP contribution in [-0.2, 0) is 9.59 Å². The summed E-state index contributed by atoms with van der Waals surface area (Å²) >= 11 is 19.5. The van der Waals surface area contributed by atoms with Gasteiger partial charge in [-0.15, -0.1) is 0 Å². The summed E-state index contributed by atoms with van der Waals surface area (Å²) in [6, 6.07) is 8.12. The molecule has 0 aromatic heterocycles. The Hall–Kier alpha value is -1.88. The third kappa shape index (κ3) is 4.56. The van der Waals surface area contributed by atoms with Crippen LogP contribution in [0.1, 0.15) is 12.5 Å². The molecule has 1 heterocycles. The topological polar surface area (TPSA) is 67.9 Å². The van der Waals surface area contributed by atoms with Gasteiger partial charge in [-0.3, -0.25) is 19.8 Å². The molecule has 0 spiro atoms. The van der Waals surface area contributed by atoms with Gasteiger partial charge in [0.05, 0.1) is 28.0 Å². The maximum absolute atomic E-state index is 13.2. The molecule has 30 heavy (non-hydrogen) atoms. The minimum absolute atomic E-state index is 0.0642. The van der Waals surface area contributed by atoms with Crippen LogP contribution in [0.4, 0.5) is 5.69 Å². The Balaban J connectivity index is 2.07. The van der Waals surface area contributed by atoms with Gasteiger partial charge < -0.3 is 9.47 Å². The monoisotopic (exact) mass is 576 g/mol. The molecule has 156 valence electrons. The van der Waals surface area contributed by atoms with E-state index >= 15 is 0 Å². The molecule has 0 radical (unpaired) electrons. The lowest BCUT2D eigenvalue weighted by Gasteiger charge is -2.29. The molecular formula is C20H15Cl2IN2O4S. The van der Waals surface area contributed by atoms with Crippen molar-refractivity contribution in [3.8, 4) is 11.5 Å². The van der Waals surface area contributed by atoms with Crippen molar-refractivity contribution >= 4 is 86.7 Å². The van der Waals surface area contributed by atoms with Crippen LogP contribution in [0, 0.1) is 3.57 Å². The molecular weight excluding hydrogens is 562 g/mol. The molecule has 1 N–H and O–H groups in total. The number of ether oxygens (including phenoxy) is 2. The summed E-state index contributed by atoms with van der Waals surface area (Å²) in [4.78, 5) is 26.9. The lowest BCUT2D eigenvalue weighted by Crippen LogP contribution is -2.54. The molecule has 0 atom stereocenters. The number of carbonyl (C=O) groups excluding carboxylic acids is 2. The van der Waals surface area contributed by atoms with Crippen molar-refractivity contribution in [2.24, 2.45) is 0 Å². The zero-order chi connectivity index (χ0) is 22.0. The summed E-state index contributed by atoms with van der Waals surface area (Å²) in [6.45, 7) is 2.28. The molecule has 2 amide bonds. The molecule has 1 saturated heterocycles. The fraction of sp³-hybridized carbons (Fsp3) is 0.150. The Labute approximate surface area is 202 Å². The molecule has 3 rings (SSSR count). The number of carbonyl (C=O) groups is 2. The molecule has 2 aromatic rings. The van der Waals surface area contributed by atoms with E-state index < -0.39 is 11.8 Å². The van der Waals surface area contributed by atoms with Gasteiger partial charge in [-0.05, 0) is 83.7 Å². The Morgan fingerprint density at radius 3 is 2.60 bits per heavy atom. The van der Waals surface area contributed by atoms with E-state index in [1.165, 1.54) is 17.0 Å². The average molecular weight is 577 g/mol. The van der Waals surface area contributed by atoms with Crippen LogP contribution >= 0.6 is 58.0 Å². The van der Waals surface area contributed by atoms with E-state index in [1.807, 2.05) is 6.92 Å². The van der Waals surface area contributed by atoms with E-state index in [9.17, 15) is 9.59 Å². The second kappa shape index (κ2) is 9.51. The first-order valence-electron chi connectivity index (χ1n) is 8.63.